The number of halogens is 2. The van der Waals surface area contributed by atoms with Crippen LogP contribution in [0.3, 0.4) is 0 Å². The number of aliphatic carboxylic acids is 1. The number of hydrogen-bond donors (Lipinski definition) is 5. The van der Waals surface area contributed by atoms with Gasteiger partial charge in [-0.15, -0.1) is 0 Å². The van der Waals surface area contributed by atoms with E-state index >= 15 is 0 Å². The first-order valence-electron chi connectivity index (χ1n) is 13.6. The molecule has 3 aromatic carbocycles. The number of rotatable bonds is 9. The van der Waals surface area contributed by atoms with E-state index in [4.69, 9.17) is 4.74 Å². The van der Waals surface area contributed by atoms with Crippen molar-refractivity contribution in [3.05, 3.63) is 95.6 Å². The van der Waals surface area contributed by atoms with E-state index in [0.717, 1.165) is 5.56 Å². The number of anilines is 1. The molecule has 2 fully saturated rings. The zero-order valence-corrected chi connectivity index (χ0v) is 22.3. The number of carboxylic acid groups (broad SMARTS) is 1. The highest BCUT2D eigenvalue weighted by atomic mass is 19.1. The molecule has 0 spiro atoms. The van der Waals surface area contributed by atoms with Gasteiger partial charge in [0.25, 0.3) is 0 Å². The normalized spacial score (nSPS) is 28.3. The van der Waals surface area contributed by atoms with Crippen LogP contribution in [0.5, 0.6) is 5.75 Å². The lowest BCUT2D eigenvalue weighted by molar-refractivity contribution is -0.197. The number of aliphatic hydroxyl groups is 3. The fourth-order valence-electron chi connectivity index (χ4n) is 5.88. The summed E-state index contributed by atoms with van der Waals surface area (Å²) in [5.41, 5.74) is 1.75. The van der Waals surface area contributed by atoms with E-state index in [1.165, 1.54) is 60.7 Å². The Morgan fingerprint density at radius 3 is 2.07 bits per heavy atom. The maximum atomic E-state index is 13.7. The van der Waals surface area contributed by atoms with Gasteiger partial charge in [0.2, 0.25) is 5.91 Å². The van der Waals surface area contributed by atoms with E-state index in [0.29, 0.717) is 11.3 Å². The molecule has 2 aliphatic rings. The molecule has 11 heteroatoms. The molecule has 0 radical (unpaired) electrons. The molecule has 9 nitrogen and oxygen atoms in total. The molecular formula is C31H31F2NO8. The Bertz CT molecular complexity index is 1400. The Kier molecular flexibility index (Phi) is 8.55. The van der Waals surface area contributed by atoms with Crippen LogP contribution in [-0.2, 0) is 14.3 Å². The molecule has 1 saturated carbocycles. The van der Waals surface area contributed by atoms with Crippen molar-refractivity contribution in [2.45, 2.75) is 55.8 Å². The first-order chi connectivity index (χ1) is 20.0. The Morgan fingerprint density at radius 2 is 1.48 bits per heavy atom. The van der Waals surface area contributed by atoms with Crippen molar-refractivity contribution in [2.75, 3.05) is 4.90 Å². The van der Waals surface area contributed by atoms with Crippen LogP contribution in [0.1, 0.15) is 42.5 Å². The number of β-lactam (4-membered cyclic amide) rings is 1. The molecule has 1 aliphatic heterocycles. The second kappa shape index (κ2) is 12.1. The van der Waals surface area contributed by atoms with Gasteiger partial charge < -0.3 is 35.2 Å². The predicted molar refractivity (Wildman–Crippen MR) is 145 cm³/mol. The largest absolute Gasteiger partial charge is 0.508 e. The van der Waals surface area contributed by atoms with Crippen molar-refractivity contribution in [1.82, 2.24) is 0 Å². The van der Waals surface area contributed by atoms with Crippen molar-refractivity contribution in [1.29, 1.82) is 0 Å². The number of carboxylic acids is 1. The number of amides is 1. The predicted octanol–water partition coefficient (Wildman–Crippen LogP) is 3.47. The van der Waals surface area contributed by atoms with Crippen molar-refractivity contribution in [3.8, 4) is 5.75 Å². The second-order valence-corrected chi connectivity index (χ2v) is 10.8. The Hall–Kier alpha value is -3.90. The fourth-order valence-corrected chi connectivity index (χ4v) is 5.88. The summed E-state index contributed by atoms with van der Waals surface area (Å²) in [7, 11) is 0. The summed E-state index contributed by atoms with van der Waals surface area (Å²) in [5.74, 6) is -4.39. The molecule has 3 aromatic rings. The number of hydrogen-bond acceptors (Lipinski definition) is 7. The number of ether oxygens (including phenoxy) is 1. The smallest absolute Gasteiger partial charge is 0.309 e. The van der Waals surface area contributed by atoms with Gasteiger partial charge in [-0.3, -0.25) is 9.59 Å². The van der Waals surface area contributed by atoms with Gasteiger partial charge in [0, 0.05) is 5.69 Å². The lowest BCUT2D eigenvalue weighted by Gasteiger charge is -2.48. The average Bonchev–Trinajstić information content (AvgIpc) is 2.97. The number of carbonyl (C=O) groups is 2. The van der Waals surface area contributed by atoms with Gasteiger partial charge in [-0.2, -0.15) is 0 Å². The maximum absolute atomic E-state index is 13.7. The summed E-state index contributed by atoms with van der Waals surface area (Å²) in [4.78, 5) is 26.7. The van der Waals surface area contributed by atoms with Gasteiger partial charge in [0.15, 0.2) is 0 Å². The maximum Gasteiger partial charge on any atom is 0.309 e. The standard InChI is InChI=1S/C31H31F2NO8/c32-18-5-1-16(2-6-18)24(42-25-15-23(31(40)41)27(36)29(38)28(25)37)14-13-22-26(17-3-11-21(35)12-4-17)34(30(22)39)20-9-7-19(33)8-10-20/h1-12,22-29,35-38H,13-15H2,(H,40,41)/t22?,23-,24-,25?,26?,27+,28-,29-/m0/s1. The van der Waals surface area contributed by atoms with Crippen LogP contribution in [0.2, 0.25) is 0 Å². The number of aromatic hydroxyl groups is 1. The summed E-state index contributed by atoms with van der Waals surface area (Å²) in [5, 5.41) is 50.4. The zero-order valence-electron chi connectivity index (χ0n) is 22.3. The van der Waals surface area contributed by atoms with Crippen LogP contribution >= 0.6 is 0 Å². The number of nitrogens with zero attached hydrogens (tertiary/aromatic N) is 1. The van der Waals surface area contributed by atoms with E-state index in [9.17, 15) is 43.9 Å². The molecule has 8 atom stereocenters. The highest BCUT2D eigenvalue weighted by Gasteiger charge is 2.50. The van der Waals surface area contributed by atoms with Gasteiger partial charge >= 0.3 is 5.97 Å². The Balaban J connectivity index is 1.40. The summed E-state index contributed by atoms with van der Waals surface area (Å²) in [6.07, 6.45) is -6.82. The van der Waals surface area contributed by atoms with E-state index in [1.54, 1.807) is 17.0 Å². The van der Waals surface area contributed by atoms with Crippen molar-refractivity contribution < 1.29 is 48.6 Å². The molecule has 1 amide bonds. The number of benzene rings is 3. The molecule has 0 aromatic heterocycles. The van der Waals surface area contributed by atoms with Crippen LogP contribution in [0.15, 0.2) is 72.8 Å². The molecule has 5 N–H and O–H groups in total. The lowest BCUT2D eigenvalue weighted by Crippen LogP contribution is -2.56. The minimum atomic E-state index is -1.75. The SMILES string of the molecule is O=C(O)[C@H]1CC(O[C@@H](CCC2C(=O)N(c3ccc(F)cc3)C2c2ccc(O)cc2)c2ccc(F)cc2)[C@H](O)[C@@H](O)[C@@H]1O. The lowest BCUT2D eigenvalue weighted by atomic mass is 9.78. The van der Waals surface area contributed by atoms with Gasteiger partial charge in [0.05, 0.1) is 36.2 Å². The zero-order chi connectivity index (χ0) is 30.1. The third-order valence-electron chi connectivity index (χ3n) is 8.17. The van der Waals surface area contributed by atoms with Gasteiger partial charge in [-0.25, -0.2) is 8.78 Å². The van der Waals surface area contributed by atoms with E-state index < -0.39 is 66.0 Å². The van der Waals surface area contributed by atoms with Gasteiger partial charge in [0.1, 0.15) is 29.6 Å². The van der Waals surface area contributed by atoms with Crippen LogP contribution in [0.4, 0.5) is 14.5 Å². The number of aliphatic hydroxyl groups excluding tert-OH is 3. The molecule has 1 heterocycles. The number of phenolic OH excluding ortho intramolecular Hbond substituents is 1. The van der Waals surface area contributed by atoms with Crippen LogP contribution in [0, 0.1) is 23.5 Å². The molecule has 5 rings (SSSR count). The van der Waals surface area contributed by atoms with E-state index in [1.807, 2.05) is 0 Å². The fraction of sp³-hybridized carbons (Fsp3) is 0.355. The van der Waals surface area contributed by atoms with E-state index in [2.05, 4.69) is 0 Å². The van der Waals surface area contributed by atoms with Crippen molar-refractivity contribution >= 4 is 17.6 Å². The minimum absolute atomic E-state index is 0.0528. The highest BCUT2D eigenvalue weighted by molar-refractivity contribution is 6.03. The van der Waals surface area contributed by atoms with Crippen molar-refractivity contribution in [3.63, 3.8) is 0 Å². The Labute approximate surface area is 240 Å². The number of phenols is 1. The topological polar surface area (TPSA) is 148 Å². The molecule has 1 aliphatic carbocycles. The monoisotopic (exact) mass is 583 g/mol. The summed E-state index contributed by atoms with van der Waals surface area (Å²) in [6, 6.07) is 16.9. The second-order valence-electron chi connectivity index (χ2n) is 10.8. The molecular weight excluding hydrogens is 552 g/mol. The quantitative estimate of drug-likeness (QED) is 0.241. The third-order valence-corrected chi connectivity index (χ3v) is 8.17. The number of carbonyl (C=O) groups excluding carboxylic acids is 1. The van der Waals surface area contributed by atoms with Gasteiger partial charge in [-0.1, -0.05) is 24.3 Å². The Morgan fingerprint density at radius 1 is 0.881 bits per heavy atom. The van der Waals surface area contributed by atoms with Gasteiger partial charge in [-0.05, 0) is 78.9 Å². The molecule has 222 valence electrons. The molecule has 42 heavy (non-hydrogen) atoms. The highest BCUT2D eigenvalue weighted by Crippen LogP contribution is 2.47. The summed E-state index contributed by atoms with van der Waals surface area (Å²) < 4.78 is 33.5. The summed E-state index contributed by atoms with van der Waals surface area (Å²) in [6.45, 7) is 0. The minimum Gasteiger partial charge on any atom is -0.508 e. The first kappa shape index (κ1) is 29.6. The van der Waals surface area contributed by atoms with Crippen molar-refractivity contribution in [2.24, 2.45) is 11.8 Å². The first-order valence-corrected chi connectivity index (χ1v) is 13.6. The van der Waals surface area contributed by atoms with Crippen LogP contribution < -0.4 is 4.90 Å². The van der Waals surface area contributed by atoms with E-state index in [-0.39, 0.29) is 30.9 Å². The average molecular weight is 584 g/mol. The molecule has 1 saturated heterocycles. The summed E-state index contributed by atoms with van der Waals surface area (Å²) >= 11 is 0. The third kappa shape index (κ3) is 5.86. The molecule has 0 bridgehead atoms. The van der Waals surface area contributed by atoms with Crippen LogP contribution in [0.25, 0.3) is 0 Å². The van der Waals surface area contributed by atoms with Crippen LogP contribution in [-0.4, -0.2) is 61.8 Å². The molecule has 3 unspecified atom stereocenters.